The molecular formula is C25H26F3NO5. The molecule has 6 nitrogen and oxygen atoms in total. The van der Waals surface area contributed by atoms with Crippen molar-refractivity contribution in [3.05, 3.63) is 58.1 Å². The third kappa shape index (κ3) is 4.59. The van der Waals surface area contributed by atoms with Crippen molar-refractivity contribution < 1.29 is 37.3 Å². The van der Waals surface area contributed by atoms with E-state index in [2.05, 4.69) is 0 Å². The van der Waals surface area contributed by atoms with Crippen molar-refractivity contribution in [2.75, 3.05) is 32.9 Å². The van der Waals surface area contributed by atoms with E-state index in [1.165, 1.54) is 6.07 Å². The van der Waals surface area contributed by atoms with E-state index in [0.717, 1.165) is 16.7 Å². The molecule has 9 heteroatoms. The first-order chi connectivity index (χ1) is 16.3. The highest BCUT2D eigenvalue weighted by atomic mass is 19.4. The van der Waals surface area contributed by atoms with E-state index in [4.69, 9.17) is 19.3 Å². The van der Waals surface area contributed by atoms with Gasteiger partial charge in [0.25, 0.3) is 0 Å². The molecule has 2 aliphatic heterocycles. The first-order valence-corrected chi connectivity index (χ1v) is 11.5. The van der Waals surface area contributed by atoms with Crippen LogP contribution in [0.2, 0.25) is 0 Å². The lowest BCUT2D eigenvalue weighted by atomic mass is 9.96. The molecule has 34 heavy (non-hydrogen) atoms. The summed E-state index contributed by atoms with van der Waals surface area (Å²) >= 11 is 0. The Morgan fingerprint density at radius 2 is 1.91 bits per heavy atom. The molecule has 0 amide bonds. The summed E-state index contributed by atoms with van der Waals surface area (Å²) in [6.07, 6.45) is -3.66. The van der Waals surface area contributed by atoms with E-state index in [0.29, 0.717) is 62.8 Å². The van der Waals surface area contributed by atoms with Gasteiger partial charge in [-0.1, -0.05) is 12.1 Å². The number of halogens is 3. The topological polar surface area (TPSA) is 68.2 Å². The van der Waals surface area contributed by atoms with Gasteiger partial charge in [0.2, 0.25) is 0 Å². The monoisotopic (exact) mass is 477 g/mol. The number of ether oxygens (including phenoxy) is 3. The SMILES string of the molecule is O=C(O)CC1COc2cc(O[C@@H]3CCc4c3ccc(C(F)(F)F)c4CN3CCOCC3)ccc21. The number of rotatable bonds is 6. The Hall–Kier alpha value is -2.78. The van der Waals surface area contributed by atoms with Crippen molar-refractivity contribution in [1.29, 1.82) is 0 Å². The van der Waals surface area contributed by atoms with Crippen molar-refractivity contribution in [2.24, 2.45) is 0 Å². The lowest BCUT2D eigenvalue weighted by Gasteiger charge is -2.29. The molecule has 0 spiro atoms. The second kappa shape index (κ2) is 9.11. The average molecular weight is 477 g/mol. The highest BCUT2D eigenvalue weighted by molar-refractivity contribution is 5.68. The average Bonchev–Trinajstić information content (AvgIpc) is 3.38. The predicted molar refractivity (Wildman–Crippen MR) is 116 cm³/mol. The van der Waals surface area contributed by atoms with Crippen LogP contribution >= 0.6 is 0 Å². The van der Waals surface area contributed by atoms with Crippen molar-refractivity contribution in [1.82, 2.24) is 4.90 Å². The summed E-state index contributed by atoms with van der Waals surface area (Å²) in [5, 5.41) is 9.07. The number of hydrogen-bond donors (Lipinski definition) is 1. The van der Waals surface area contributed by atoms with Crippen LogP contribution in [-0.4, -0.2) is 48.9 Å². The third-order valence-electron chi connectivity index (χ3n) is 6.83. The summed E-state index contributed by atoms with van der Waals surface area (Å²) in [6.45, 7) is 2.82. The number of nitrogens with zero attached hydrogens (tertiary/aromatic N) is 1. The molecule has 2 atom stereocenters. The number of alkyl halides is 3. The maximum Gasteiger partial charge on any atom is 0.416 e. The van der Waals surface area contributed by atoms with E-state index < -0.39 is 17.7 Å². The van der Waals surface area contributed by atoms with Crippen molar-refractivity contribution in [2.45, 2.75) is 44.0 Å². The van der Waals surface area contributed by atoms with Gasteiger partial charge in [-0.25, -0.2) is 0 Å². The summed E-state index contributed by atoms with van der Waals surface area (Å²) in [4.78, 5) is 13.1. The Morgan fingerprint density at radius 1 is 1.15 bits per heavy atom. The number of hydrogen-bond acceptors (Lipinski definition) is 5. The summed E-state index contributed by atoms with van der Waals surface area (Å²) in [6, 6.07) is 8.06. The minimum Gasteiger partial charge on any atom is -0.492 e. The maximum atomic E-state index is 13.8. The van der Waals surface area contributed by atoms with Gasteiger partial charge in [0, 0.05) is 37.2 Å². The molecule has 1 N–H and O–H groups in total. The summed E-state index contributed by atoms with van der Waals surface area (Å²) in [5.74, 6) is 0.0809. The Kier molecular flexibility index (Phi) is 6.16. The lowest BCUT2D eigenvalue weighted by molar-refractivity contribution is -0.139. The summed E-state index contributed by atoms with van der Waals surface area (Å²) in [5.41, 5.74) is 2.12. The number of carbonyl (C=O) groups is 1. The fourth-order valence-electron chi connectivity index (χ4n) is 5.16. The molecule has 3 aliphatic rings. The fraction of sp³-hybridized carbons (Fsp3) is 0.480. The molecular weight excluding hydrogens is 451 g/mol. The van der Waals surface area contributed by atoms with Crippen LogP contribution in [0.25, 0.3) is 0 Å². The van der Waals surface area contributed by atoms with Crippen molar-refractivity contribution in [3.8, 4) is 11.5 Å². The van der Waals surface area contributed by atoms with Gasteiger partial charge in [0.05, 0.1) is 31.8 Å². The highest BCUT2D eigenvalue weighted by Crippen LogP contribution is 2.44. The number of aliphatic carboxylic acids is 1. The van der Waals surface area contributed by atoms with Gasteiger partial charge in [0.15, 0.2) is 0 Å². The van der Waals surface area contributed by atoms with E-state index >= 15 is 0 Å². The lowest BCUT2D eigenvalue weighted by Crippen LogP contribution is -2.36. The first-order valence-electron chi connectivity index (χ1n) is 11.5. The molecule has 0 saturated carbocycles. The highest BCUT2D eigenvalue weighted by Gasteiger charge is 2.38. The van der Waals surface area contributed by atoms with Crippen molar-refractivity contribution >= 4 is 5.97 Å². The molecule has 0 aromatic heterocycles. The quantitative estimate of drug-likeness (QED) is 0.658. The normalized spacial score (nSPS) is 22.2. The molecule has 0 bridgehead atoms. The van der Waals surface area contributed by atoms with E-state index in [1.807, 2.05) is 11.0 Å². The van der Waals surface area contributed by atoms with E-state index in [9.17, 15) is 18.0 Å². The van der Waals surface area contributed by atoms with Crippen LogP contribution < -0.4 is 9.47 Å². The Bertz CT molecular complexity index is 1080. The van der Waals surface area contributed by atoms with Gasteiger partial charge < -0.3 is 19.3 Å². The molecule has 2 heterocycles. The Balaban J connectivity index is 1.39. The zero-order valence-electron chi connectivity index (χ0n) is 18.6. The van der Waals surface area contributed by atoms with Crippen molar-refractivity contribution in [3.63, 3.8) is 0 Å². The molecule has 1 fully saturated rings. The zero-order chi connectivity index (χ0) is 23.9. The number of benzene rings is 2. The molecule has 1 aliphatic carbocycles. The number of fused-ring (bicyclic) bond motifs is 2. The zero-order valence-corrected chi connectivity index (χ0v) is 18.6. The van der Waals surface area contributed by atoms with Gasteiger partial charge in [-0.2, -0.15) is 13.2 Å². The molecule has 182 valence electrons. The number of carboxylic acids is 1. The summed E-state index contributed by atoms with van der Waals surface area (Å²) < 4.78 is 58.7. The Labute approximate surface area is 195 Å². The molecule has 1 unspecified atom stereocenters. The maximum absolute atomic E-state index is 13.8. The largest absolute Gasteiger partial charge is 0.492 e. The fourth-order valence-corrected chi connectivity index (χ4v) is 5.16. The molecule has 2 aromatic rings. The smallest absolute Gasteiger partial charge is 0.416 e. The van der Waals surface area contributed by atoms with Crippen LogP contribution in [0, 0.1) is 0 Å². The third-order valence-corrected chi connectivity index (χ3v) is 6.83. The van der Waals surface area contributed by atoms with Crippen LogP contribution in [0.1, 0.15) is 52.7 Å². The molecule has 2 aromatic carbocycles. The van der Waals surface area contributed by atoms with Gasteiger partial charge in [0.1, 0.15) is 17.6 Å². The Morgan fingerprint density at radius 3 is 2.65 bits per heavy atom. The predicted octanol–water partition coefficient (Wildman–Crippen LogP) is 4.55. The second-order valence-corrected chi connectivity index (χ2v) is 9.00. The second-order valence-electron chi connectivity index (χ2n) is 9.00. The van der Waals surface area contributed by atoms with Gasteiger partial charge >= 0.3 is 12.1 Å². The van der Waals surface area contributed by atoms with Crippen LogP contribution in [0.4, 0.5) is 13.2 Å². The molecule has 5 rings (SSSR count). The van der Waals surface area contributed by atoms with Gasteiger partial charge in [-0.15, -0.1) is 0 Å². The van der Waals surface area contributed by atoms with Crippen LogP contribution in [0.15, 0.2) is 30.3 Å². The van der Waals surface area contributed by atoms with Crippen LogP contribution in [0.3, 0.4) is 0 Å². The number of morpholine rings is 1. The van der Waals surface area contributed by atoms with Crippen LogP contribution in [0.5, 0.6) is 11.5 Å². The van der Waals surface area contributed by atoms with Crippen LogP contribution in [-0.2, 0) is 28.7 Å². The minimum atomic E-state index is -4.42. The standard InChI is InChI=1S/C25H26F3NO5/c26-25(27,28)21-5-3-19-18(20(21)13-29-7-9-32-10-8-29)4-6-22(19)34-16-1-2-17-15(11-24(30)31)14-33-23(17)12-16/h1-3,5,12,15,22H,4,6-11,13-14H2,(H,30,31)/t15?,22-/m1/s1. The molecule has 0 radical (unpaired) electrons. The minimum absolute atomic E-state index is 0.00331. The van der Waals surface area contributed by atoms with Gasteiger partial charge in [-0.3, -0.25) is 9.69 Å². The summed E-state index contributed by atoms with van der Waals surface area (Å²) in [7, 11) is 0. The van der Waals surface area contributed by atoms with Gasteiger partial charge in [-0.05, 0) is 41.7 Å². The molecule has 1 saturated heterocycles. The number of carboxylic acid groups (broad SMARTS) is 1. The van der Waals surface area contributed by atoms with E-state index in [1.54, 1.807) is 18.2 Å². The first kappa shape index (κ1) is 23.0. The van der Waals surface area contributed by atoms with E-state index in [-0.39, 0.29) is 25.0 Å².